The molecule has 22 heavy (non-hydrogen) atoms. The van der Waals surface area contributed by atoms with Gasteiger partial charge >= 0.3 is 0 Å². The second-order valence-electron chi connectivity index (χ2n) is 6.12. The molecule has 0 amide bonds. The summed E-state index contributed by atoms with van der Waals surface area (Å²) in [5.74, 6) is 1.98. The van der Waals surface area contributed by atoms with Crippen LogP contribution in [0.1, 0.15) is 5.56 Å². The van der Waals surface area contributed by atoms with Crippen LogP contribution < -0.4 is 4.74 Å². The van der Waals surface area contributed by atoms with Crippen LogP contribution in [0.25, 0.3) is 0 Å². The Kier molecular flexibility index (Phi) is 4.10. The monoisotopic (exact) mass is 316 g/mol. The van der Waals surface area contributed by atoms with Crippen LogP contribution >= 0.6 is 11.3 Å². The third kappa shape index (κ3) is 3.02. The van der Waals surface area contributed by atoms with E-state index in [0.717, 1.165) is 38.6 Å². The third-order valence-electron chi connectivity index (χ3n) is 4.61. The molecule has 116 valence electrons. The lowest BCUT2D eigenvalue weighted by Crippen LogP contribution is -2.26. The summed E-state index contributed by atoms with van der Waals surface area (Å²) in [5, 5.41) is 4.38. The molecule has 4 heterocycles. The van der Waals surface area contributed by atoms with Gasteiger partial charge in [0.15, 0.2) is 0 Å². The Bertz CT molecular complexity index is 590. The first-order chi connectivity index (χ1) is 10.9. The van der Waals surface area contributed by atoms with Crippen molar-refractivity contribution >= 4 is 11.3 Å². The van der Waals surface area contributed by atoms with E-state index in [9.17, 15) is 0 Å². The van der Waals surface area contributed by atoms with E-state index in [1.807, 2.05) is 12.1 Å². The van der Waals surface area contributed by atoms with Gasteiger partial charge < -0.3 is 9.47 Å². The van der Waals surface area contributed by atoms with Crippen molar-refractivity contribution in [1.29, 1.82) is 0 Å². The highest BCUT2D eigenvalue weighted by atomic mass is 32.1. The molecule has 2 aromatic rings. The minimum absolute atomic E-state index is 0.379. The first-order valence-electron chi connectivity index (χ1n) is 7.76. The maximum Gasteiger partial charge on any atom is 0.122 e. The van der Waals surface area contributed by atoms with Gasteiger partial charge in [0.1, 0.15) is 5.75 Å². The molecule has 0 radical (unpaired) electrons. The van der Waals surface area contributed by atoms with Gasteiger partial charge in [0.2, 0.25) is 0 Å². The van der Waals surface area contributed by atoms with Crippen LogP contribution in [0.3, 0.4) is 0 Å². The van der Waals surface area contributed by atoms with Crippen LogP contribution in [0.4, 0.5) is 0 Å². The van der Waals surface area contributed by atoms with Gasteiger partial charge in [-0.2, -0.15) is 11.3 Å². The van der Waals surface area contributed by atoms with Crippen LogP contribution in [0.5, 0.6) is 5.75 Å². The van der Waals surface area contributed by atoms with Crippen LogP contribution in [0, 0.1) is 11.8 Å². The van der Waals surface area contributed by atoms with E-state index in [0.29, 0.717) is 17.9 Å². The van der Waals surface area contributed by atoms with E-state index < -0.39 is 0 Å². The molecular weight excluding hydrogens is 296 g/mol. The summed E-state index contributed by atoms with van der Waals surface area (Å²) in [6, 6.07) is 6.03. The average molecular weight is 316 g/mol. The molecule has 0 N–H and O–H groups in total. The van der Waals surface area contributed by atoms with Crippen molar-refractivity contribution in [3.8, 4) is 5.75 Å². The predicted octanol–water partition coefficient (Wildman–Crippen LogP) is 2.67. The van der Waals surface area contributed by atoms with Crippen molar-refractivity contribution in [2.24, 2.45) is 11.8 Å². The second-order valence-corrected chi connectivity index (χ2v) is 6.90. The van der Waals surface area contributed by atoms with Gasteiger partial charge in [0.05, 0.1) is 19.3 Å². The summed E-state index contributed by atoms with van der Waals surface area (Å²) in [6.07, 6.45) is 3.91. The van der Waals surface area contributed by atoms with E-state index in [1.165, 1.54) is 5.56 Å². The minimum Gasteiger partial charge on any atom is -0.493 e. The largest absolute Gasteiger partial charge is 0.493 e. The van der Waals surface area contributed by atoms with Gasteiger partial charge in [-0.1, -0.05) is 0 Å². The lowest BCUT2D eigenvalue weighted by atomic mass is 9.94. The number of likely N-dealkylation sites (tertiary alicyclic amines) is 1. The maximum absolute atomic E-state index is 6.00. The van der Waals surface area contributed by atoms with Gasteiger partial charge in [0.25, 0.3) is 0 Å². The number of thiophene rings is 1. The van der Waals surface area contributed by atoms with Gasteiger partial charge in [-0.05, 0) is 34.5 Å². The molecule has 2 fully saturated rings. The van der Waals surface area contributed by atoms with Gasteiger partial charge in [-0.3, -0.25) is 9.88 Å². The summed E-state index contributed by atoms with van der Waals surface area (Å²) in [4.78, 5) is 6.52. The maximum atomic E-state index is 6.00. The van der Waals surface area contributed by atoms with E-state index in [1.54, 1.807) is 23.7 Å². The molecule has 0 aromatic carbocycles. The average Bonchev–Trinajstić information content (AvgIpc) is 3.25. The van der Waals surface area contributed by atoms with Crippen molar-refractivity contribution < 1.29 is 9.47 Å². The van der Waals surface area contributed by atoms with Gasteiger partial charge in [-0.15, -0.1) is 0 Å². The molecule has 2 saturated heterocycles. The number of rotatable bonds is 5. The number of aromatic nitrogens is 1. The molecule has 0 bridgehead atoms. The highest BCUT2D eigenvalue weighted by molar-refractivity contribution is 7.07. The van der Waals surface area contributed by atoms with Crippen molar-refractivity contribution in [3.63, 3.8) is 0 Å². The summed E-state index contributed by atoms with van der Waals surface area (Å²) in [7, 11) is 0. The molecule has 4 rings (SSSR count). The molecule has 0 saturated carbocycles. The lowest BCUT2D eigenvalue weighted by Gasteiger charge is -2.19. The summed E-state index contributed by atoms with van der Waals surface area (Å²) >= 11 is 1.77. The first kappa shape index (κ1) is 14.2. The molecular formula is C17H20N2O2S. The van der Waals surface area contributed by atoms with Crippen LogP contribution in [0.15, 0.2) is 41.4 Å². The lowest BCUT2D eigenvalue weighted by molar-refractivity contribution is 0.0897. The zero-order valence-corrected chi connectivity index (χ0v) is 13.2. The van der Waals surface area contributed by atoms with Crippen LogP contribution in [-0.4, -0.2) is 42.3 Å². The molecule has 4 nitrogen and oxygen atoms in total. The summed E-state index contributed by atoms with van der Waals surface area (Å²) in [5.41, 5.74) is 1.41. The van der Waals surface area contributed by atoms with Crippen molar-refractivity contribution in [3.05, 3.63) is 46.9 Å². The quantitative estimate of drug-likeness (QED) is 0.849. The van der Waals surface area contributed by atoms with E-state index in [2.05, 4.69) is 26.7 Å². The standard InChI is InChI=1S/C17H20N2O2S/c1-4-18-5-2-15(1)20-10-14-11-21-17-9-19(8-16(14)17)7-13-3-6-22-12-13/h1-6,12,14,16-17H,7-11H2/t14-,16-,17-/m0/s1. The van der Waals surface area contributed by atoms with E-state index in [-0.39, 0.29) is 0 Å². The number of hydrogen-bond acceptors (Lipinski definition) is 5. The number of fused-ring (bicyclic) bond motifs is 1. The zero-order chi connectivity index (χ0) is 14.8. The van der Waals surface area contributed by atoms with Crippen molar-refractivity contribution in [2.45, 2.75) is 12.6 Å². The molecule has 2 aliphatic rings. The predicted molar refractivity (Wildman–Crippen MR) is 86.0 cm³/mol. The Balaban J connectivity index is 1.32. The fourth-order valence-corrected chi connectivity index (χ4v) is 4.12. The summed E-state index contributed by atoms with van der Waals surface area (Å²) < 4.78 is 11.9. The Morgan fingerprint density at radius 2 is 2.18 bits per heavy atom. The van der Waals surface area contributed by atoms with Crippen LogP contribution in [-0.2, 0) is 11.3 Å². The molecule has 5 heteroatoms. The normalized spacial score (nSPS) is 27.9. The van der Waals surface area contributed by atoms with E-state index in [4.69, 9.17) is 9.47 Å². The minimum atomic E-state index is 0.379. The highest BCUT2D eigenvalue weighted by Gasteiger charge is 2.43. The Morgan fingerprint density at radius 1 is 1.27 bits per heavy atom. The highest BCUT2D eigenvalue weighted by Crippen LogP contribution is 2.34. The third-order valence-corrected chi connectivity index (χ3v) is 5.35. The number of hydrogen-bond donors (Lipinski definition) is 0. The second kappa shape index (κ2) is 6.36. The fraction of sp³-hybridized carbons (Fsp3) is 0.471. The van der Waals surface area contributed by atoms with E-state index >= 15 is 0 Å². The number of ether oxygens (including phenoxy) is 2. The first-order valence-corrected chi connectivity index (χ1v) is 8.70. The zero-order valence-electron chi connectivity index (χ0n) is 12.4. The Morgan fingerprint density at radius 3 is 3.00 bits per heavy atom. The number of pyridine rings is 1. The SMILES string of the molecule is c1cc(OC[C@H]2CO[C@H]3CN(Cc4ccsc4)C[C@@H]23)ccn1. The topological polar surface area (TPSA) is 34.6 Å². The molecule has 2 aromatic heterocycles. The smallest absolute Gasteiger partial charge is 0.122 e. The molecule has 0 unspecified atom stereocenters. The van der Waals surface area contributed by atoms with Crippen LogP contribution in [0.2, 0.25) is 0 Å². The molecule has 2 aliphatic heterocycles. The van der Waals surface area contributed by atoms with Crippen molar-refractivity contribution in [2.75, 3.05) is 26.3 Å². The molecule has 0 spiro atoms. The Hall–Kier alpha value is -1.43. The molecule has 3 atom stereocenters. The van der Waals surface area contributed by atoms with Crippen molar-refractivity contribution in [1.82, 2.24) is 9.88 Å². The number of nitrogens with zero attached hydrogens (tertiary/aromatic N) is 2. The fourth-order valence-electron chi connectivity index (χ4n) is 3.46. The Labute approximate surface area is 134 Å². The van der Waals surface area contributed by atoms with Gasteiger partial charge in [0, 0.05) is 43.9 Å². The summed E-state index contributed by atoms with van der Waals surface area (Å²) in [6.45, 7) is 4.76. The van der Waals surface area contributed by atoms with Gasteiger partial charge in [-0.25, -0.2) is 0 Å². The molecule has 0 aliphatic carbocycles.